The van der Waals surface area contributed by atoms with Gasteiger partial charge in [-0.25, -0.2) is 4.79 Å². The van der Waals surface area contributed by atoms with E-state index in [0.717, 1.165) is 0 Å². The summed E-state index contributed by atoms with van der Waals surface area (Å²) in [6, 6.07) is 21.0. The molecule has 0 saturated carbocycles. The third-order valence-corrected chi connectivity index (χ3v) is 6.36. The third kappa shape index (κ3) is 5.07. The minimum atomic E-state index is -0.303. The van der Waals surface area contributed by atoms with Crippen LogP contribution in [0.1, 0.15) is 62.1 Å². The van der Waals surface area contributed by atoms with E-state index in [0.29, 0.717) is 0 Å². The first kappa shape index (κ1) is 21.4. The van der Waals surface area contributed by atoms with Gasteiger partial charge in [0.25, 0.3) is 0 Å². The summed E-state index contributed by atoms with van der Waals surface area (Å²) in [5, 5.41) is 5.92. The first-order chi connectivity index (χ1) is 15.3. The molecule has 0 N–H and O–H groups in total. The predicted octanol–water partition coefficient (Wildman–Crippen LogP) is 7.63. The summed E-state index contributed by atoms with van der Waals surface area (Å²) in [5.41, 5.74) is 4.50. The van der Waals surface area contributed by atoms with E-state index in [2.05, 4.69) is 53.8 Å². The normalized spacial score (nSPS) is 12.9. The smallest absolute Gasteiger partial charge is 0.335 e. The predicted molar refractivity (Wildman–Crippen MR) is 131 cm³/mol. The lowest BCUT2D eigenvalue weighted by Gasteiger charge is -2.20. The summed E-state index contributed by atoms with van der Waals surface area (Å²) < 4.78 is 4.37. The summed E-state index contributed by atoms with van der Waals surface area (Å²) in [4.78, 5) is 10.1. The van der Waals surface area contributed by atoms with Gasteiger partial charge in [0.1, 0.15) is 0 Å². The van der Waals surface area contributed by atoms with Gasteiger partial charge in [0.15, 0.2) is 0 Å². The molecule has 0 saturated heterocycles. The van der Waals surface area contributed by atoms with Gasteiger partial charge in [-0.05, 0) is 82.8 Å². The van der Waals surface area contributed by atoms with Crippen LogP contribution in [0.15, 0.2) is 76.1 Å². The summed E-state index contributed by atoms with van der Waals surface area (Å²) in [5.74, 6) is 0. The van der Waals surface area contributed by atoms with Gasteiger partial charge in [-0.15, -0.1) is 0 Å². The van der Waals surface area contributed by atoms with E-state index in [1.54, 1.807) is 28.8 Å². The van der Waals surface area contributed by atoms with Crippen molar-refractivity contribution in [2.24, 2.45) is 0 Å². The number of fused-ring (bicyclic) bond motifs is 5. The lowest BCUT2D eigenvalue weighted by molar-refractivity contribution is 0.511. The molecule has 4 aromatic rings. The number of unbranched alkanes of at least 4 members (excludes halogenated alkanes) is 3. The topological polar surface area (TPSA) is 30.2 Å². The maximum atomic E-state index is 10.1. The molecule has 1 heterocycles. The first-order valence-electron chi connectivity index (χ1n) is 11.8. The van der Waals surface area contributed by atoms with E-state index in [1.165, 1.54) is 91.7 Å². The summed E-state index contributed by atoms with van der Waals surface area (Å²) >= 11 is 0. The number of rotatable bonds is 5. The van der Waals surface area contributed by atoms with Crippen LogP contribution >= 0.6 is 0 Å². The number of hydrogen-bond acceptors (Lipinski definition) is 2. The zero-order valence-electron chi connectivity index (χ0n) is 18.5. The fourth-order valence-corrected chi connectivity index (χ4v) is 4.78. The van der Waals surface area contributed by atoms with E-state index in [1.807, 2.05) is 0 Å². The Balaban J connectivity index is 0.000000282. The maximum Gasteiger partial charge on any atom is 0.335 e. The van der Waals surface area contributed by atoms with E-state index < -0.39 is 0 Å². The Bertz CT molecular complexity index is 1180. The number of hydrogen-bond donors (Lipinski definition) is 0. The van der Waals surface area contributed by atoms with Gasteiger partial charge >= 0.3 is 5.63 Å². The van der Waals surface area contributed by atoms with Crippen molar-refractivity contribution in [3.05, 3.63) is 94.0 Å². The standard InChI is InChI=1S/C24H28.C5H4O2/c1-2-3-4-5-11-19-17-24-20-12-7-6-10-18(20)15-16-23(24)22-14-9-8-13-21(19)22;6-5-3-1-2-4-7-5/h8-9,13-17H,2-7,10-12H2,1H3;1-4H. The average Bonchev–Trinajstić information content (AvgIpc) is 2.82. The second-order valence-corrected chi connectivity index (χ2v) is 8.52. The Kier molecular flexibility index (Phi) is 7.19. The molecule has 1 aliphatic carbocycles. The molecule has 0 bridgehead atoms. The van der Waals surface area contributed by atoms with Gasteiger partial charge in [0.2, 0.25) is 0 Å². The summed E-state index contributed by atoms with van der Waals surface area (Å²) in [7, 11) is 0. The van der Waals surface area contributed by atoms with Gasteiger partial charge in [-0.1, -0.05) is 74.7 Å². The molecule has 3 aromatic carbocycles. The van der Waals surface area contributed by atoms with Gasteiger partial charge < -0.3 is 4.42 Å². The molecular formula is C29H32O2. The zero-order chi connectivity index (χ0) is 21.5. The lowest BCUT2D eigenvalue weighted by atomic mass is 9.85. The molecule has 2 nitrogen and oxygen atoms in total. The van der Waals surface area contributed by atoms with Crippen LogP contribution in [0.5, 0.6) is 0 Å². The van der Waals surface area contributed by atoms with Crippen LogP contribution in [0.2, 0.25) is 0 Å². The SMILES string of the molecule is CCCCCCc1cc2c3c(ccc2c2ccccc12)CCCC3.O=c1cccco1. The Morgan fingerprint density at radius 1 is 0.774 bits per heavy atom. The Hall–Kier alpha value is -2.87. The lowest BCUT2D eigenvalue weighted by Crippen LogP contribution is -2.03. The van der Waals surface area contributed by atoms with Crippen LogP contribution < -0.4 is 5.63 Å². The van der Waals surface area contributed by atoms with Crippen LogP contribution in [-0.2, 0) is 19.3 Å². The minimum absolute atomic E-state index is 0.303. The van der Waals surface area contributed by atoms with Gasteiger partial charge in [-0.3, -0.25) is 0 Å². The summed E-state index contributed by atoms with van der Waals surface area (Å²) in [6.07, 6.45) is 13.2. The molecule has 2 heteroatoms. The van der Waals surface area contributed by atoms with Crippen molar-refractivity contribution in [1.82, 2.24) is 0 Å². The highest BCUT2D eigenvalue weighted by molar-refractivity contribution is 6.10. The molecular weight excluding hydrogens is 380 g/mol. The van der Waals surface area contributed by atoms with Crippen molar-refractivity contribution in [3.63, 3.8) is 0 Å². The molecule has 0 aliphatic heterocycles. The largest absolute Gasteiger partial charge is 0.431 e. The monoisotopic (exact) mass is 412 g/mol. The first-order valence-corrected chi connectivity index (χ1v) is 11.8. The van der Waals surface area contributed by atoms with E-state index >= 15 is 0 Å². The van der Waals surface area contributed by atoms with Crippen LogP contribution in [0.25, 0.3) is 21.5 Å². The molecule has 0 unspecified atom stereocenters. The second kappa shape index (κ2) is 10.4. The van der Waals surface area contributed by atoms with Crippen molar-refractivity contribution < 1.29 is 4.42 Å². The van der Waals surface area contributed by atoms with Crippen molar-refractivity contribution in [1.29, 1.82) is 0 Å². The van der Waals surface area contributed by atoms with Crippen molar-refractivity contribution in [2.45, 2.75) is 64.7 Å². The number of benzene rings is 3. The van der Waals surface area contributed by atoms with Crippen molar-refractivity contribution in [2.75, 3.05) is 0 Å². The third-order valence-electron chi connectivity index (χ3n) is 6.36. The zero-order valence-corrected chi connectivity index (χ0v) is 18.5. The molecule has 0 spiro atoms. The van der Waals surface area contributed by atoms with Crippen LogP contribution in [-0.4, -0.2) is 0 Å². The van der Waals surface area contributed by atoms with Crippen molar-refractivity contribution >= 4 is 21.5 Å². The van der Waals surface area contributed by atoms with Crippen LogP contribution in [0.3, 0.4) is 0 Å². The maximum absolute atomic E-state index is 10.1. The Morgan fingerprint density at radius 2 is 1.55 bits per heavy atom. The van der Waals surface area contributed by atoms with E-state index in [-0.39, 0.29) is 5.63 Å². The van der Waals surface area contributed by atoms with E-state index in [4.69, 9.17) is 0 Å². The summed E-state index contributed by atoms with van der Waals surface area (Å²) in [6.45, 7) is 2.29. The van der Waals surface area contributed by atoms with Crippen LogP contribution in [0, 0.1) is 0 Å². The Morgan fingerprint density at radius 3 is 2.29 bits per heavy atom. The fourth-order valence-electron chi connectivity index (χ4n) is 4.78. The quantitative estimate of drug-likeness (QED) is 0.249. The van der Waals surface area contributed by atoms with Gasteiger partial charge in [0.05, 0.1) is 6.26 Å². The minimum Gasteiger partial charge on any atom is -0.431 e. The Labute approximate surface area is 184 Å². The second-order valence-electron chi connectivity index (χ2n) is 8.52. The molecule has 1 aliphatic rings. The molecule has 5 rings (SSSR count). The molecule has 0 atom stereocenters. The molecule has 0 fully saturated rings. The molecule has 0 amide bonds. The fraction of sp³-hybridized carbons (Fsp3) is 0.345. The van der Waals surface area contributed by atoms with Crippen LogP contribution in [0.4, 0.5) is 0 Å². The van der Waals surface area contributed by atoms with Gasteiger partial charge in [0, 0.05) is 6.07 Å². The highest BCUT2D eigenvalue weighted by Gasteiger charge is 2.15. The number of aryl methyl sites for hydroxylation is 3. The van der Waals surface area contributed by atoms with Gasteiger partial charge in [-0.2, -0.15) is 0 Å². The van der Waals surface area contributed by atoms with Crippen molar-refractivity contribution in [3.8, 4) is 0 Å². The van der Waals surface area contributed by atoms with E-state index in [9.17, 15) is 4.79 Å². The molecule has 31 heavy (non-hydrogen) atoms. The highest BCUT2D eigenvalue weighted by Crippen LogP contribution is 2.35. The average molecular weight is 413 g/mol. The molecule has 1 aromatic heterocycles. The highest BCUT2D eigenvalue weighted by atomic mass is 16.4. The molecule has 160 valence electrons. The molecule has 0 radical (unpaired) electrons.